The number of likely N-dealkylation sites (tertiary alicyclic amines) is 1. The molecule has 4 aromatic rings. The van der Waals surface area contributed by atoms with Gasteiger partial charge in [0.05, 0.1) is 36.0 Å². The number of benzene rings is 2. The summed E-state index contributed by atoms with van der Waals surface area (Å²) in [6.45, 7) is 7.34. The lowest BCUT2D eigenvalue weighted by atomic mass is 9.81. The van der Waals surface area contributed by atoms with E-state index in [2.05, 4.69) is 30.7 Å². The average Bonchev–Trinajstić information content (AvgIpc) is 3.63. The van der Waals surface area contributed by atoms with E-state index in [4.69, 9.17) is 26.1 Å². The van der Waals surface area contributed by atoms with Crippen molar-refractivity contribution in [1.29, 1.82) is 0 Å². The summed E-state index contributed by atoms with van der Waals surface area (Å²) in [6, 6.07) is 7.96. The Morgan fingerprint density at radius 1 is 1.03 bits per heavy atom. The quantitative estimate of drug-likeness (QED) is 0.153. The highest BCUT2D eigenvalue weighted by atomic mass is 35.5. The van der Waals surface area contributed by atoms with Crippen LogP contribution in [0.2, 0.25) is 5.02 Å². The van der Waals surface area contributed by atoms with Crippen molar-refractivity contribution >= 4 is 63.6 Å². The van der Waals surface area contributed by atoms with Gasteiger partial charge in [0.15, 0.2) is 18.2 Å². The van der Waals surface area contributed by atoms with E-state index in [0.717, 1.165) is 31.1 Å². The zero-order valence-electron chi connectivity index (χ0n) is 37.4. The molecule has 6 heterocycles. The summed E-state index contributed by atoms with van der Waals surface area (Å²) >= 11 is 6.59. The van der Waals surface area contributed by atoms with Gasteiger partial charge in [0.1, 0.15) is 23.1 Å². The van der Waals surface area contributed by atoms with E-state index < -0.39 is 41.7 Å². The normalized spacial score (nSPS) is 23.8. The molecular weight excluding hydrogens is 876 g/mol. The molecule has 2 aromatic carbocycles. The lowest BCUT2D eigenvalue weighted by Gasteiger charge is -2.47. The number of amides is 4. The van der Waals surface area contributed by atoms with E-state index in [1.165, 1.54) is 11.9 Å². The van der Waals surface area contributed by atoms with Gasteiger partial charge in [0.25, 0.3) is 17.4 Å². The molecule has 4 aliphatic heterocycles. The molecule has 4 amide bonds. The third kappa shape index (κ3) is 8.82. The number of fused-ring (bicyclic) bond motifs is 2. The van der Waals surface area contributed by atoms with Crippen molar-refractivity contribution in [3.05, 3.63) is 80.0 Å². The number of nitrogens with one attached hydrogen (secondary N) is 3. The van der Waals surface area contributed by atoms with Crippen LogP contribution in [0.25, 0.3) is 10.9 Å². The first kappa shape index (κ1) is 45.4. The Kier molecular flexibility index (Phi) is 12.7. The highest BCUT2D eigenvalue weighted by molar-refractivity contribution is 6.33. The number of carbonyl (C=O) groups excluding carboxylic acids is 4. The van der Waals surface area contributed by atoms with Gasteiger partial charge >= 0.3 is 0 Å². The van der Waals surface area contributed by atoms with E-state index in [9.17, 15) is 24.0 Å². The summed E-state index contributed by atoms with van der Waals surface area (Å²) in [4.78, 5) is 77.6. The van der Waals surface area contributed by atoms with Gasteiger partial charge in [0, 0.05) is 67.7 Å². The lowest BCUT2D eigenvalue weighted by molar-refractivity contribution is -0.137. The van der Waals surface area contributed by atoms with Crippen molar-refractivity contribution in [3.63, 3.8) is 0 Å². The predicted molar refractivity (Wildman–Crippen MR) is 243 cm³/mol. The number of nitrogens with zero attached hydrogens (tertiary/aromatic N) is 6. The maximum Gasteiger partial charge on any atom is 0.293 e. The Bertz CT molecular complexity index is 2650. The Hall–Kier alpha value is -5.72. The molecule has 3 N–H and O–H groups in total. The minimum atomic E-state index is -1.29. The molecule has 1 saturated carbocycles. The lowest BCUT2D eigenvalue weighted by Crippen LogP contribution is -2.54. The number of hydrogen-bond acceptors (Lipinski definition) is 12. The summed E-state index contributed by atoms with van der Waals surface area (Å²) in [5.74, 6) is -1.94. The van der Waals surface area contributed by atoms with Crippen molar-refractivity contribution in [1.82, 2.24) is 35.0 Å². The molecular formula is C47H54ClF2N9O7. The number of ether oxygens (including phenoxy) is 2. The zero-order chi connectivity index (χ0) is 46.6. The number of anilines is 3. The van der Waals surface area contributed by atoms with Gasteiger partial charge in [-0.3, -0.25) is 34.2 Å². The predicted octanol–water partition coefficient (Wildman–Crippen LogP) is 5.45. The molecule has 2 aromatic heterocycles. The van der Waals surface area contributed by atoms with Gasteiger partial charge in [-0.1, -0.05) is 17.7 Å². The zero-order valence-corrected chi connectivity index (χ0v) is 38.1. The van der Waals surface area contributed by atoms with Crippen LogP contribution in [0.1, 0.15) is 97.8 Å². The van der Waals surface area contributed by atoms with Crippen LogP contribution in [-0.4, -0.2) is 118 Å². The minimum absolute atomic E-state index is 0.0617. The van der Waals surface area contributed by atoms with Crippen LogP contribution in [0.4, 0.5) is 26.2 Å². The topological polar surface area (TPSA) is 180 Å². The third-order valence-electron chi connectivity index (χ3n) is 13.8. The van der Waals surface area contributed by atoms with E-state index in [1.54, 1.807) is 29.8 Å². The van der Waals surface area contributed by atoms with Gasteiger partial charge in [-0.15, -0.1) is 0 Å². The molecule has 5 aliphatic rings. The van der Waals surface area contributed by atoms with E-state index in [-0.39, 0.29) is 90.7 Å². The Balaban J connectivity index is 0.763. The molecule has 66 heavy (non-hydrogen) atoms. The number of imide groups is 1. The number of alkyl halides is 1. The molecule has 0 radical (unpaired) electrons. The largest absolute Gasteiger partial charge is 0.478 e. The summed E-state index contributed by atoms with van der Waals surface area (Å²) < 4.78 is 46.0. The first-order valence-corrected chi connectivity index (χ1v) is 23.1. The van der Waals surface area contributed by atoms with Crippen LogP contribution in [-0.2, 0) is 25.7 Å². The second-order valence-electron chi connectivity index (χ2n) is 18.3. The van der Waals surface area contributed by atoms with Crippen molar-refractivity contribution < 1.29 is 37.4 Å². The van der Waals surface area contributed by atoms with Gasteiger partial charge in [-0.05, 0) is 101 Å². The number of aromatic nitrogens is 3. The number of aryl methyl sites for hydroxylation is 1. The fourth-order valence-corrected chi connectivity index (χ4v) is 10.3. The van der Waals surface area contributed by atoms with Crippen LogP contribution >= 0.6 is 11.6 Å². The number of likely N-dealkylation sites (N-methyl/N-ethyl adjacent to an activating group) is 1. The Morgan fingerprint density at radius 3 is 2.52 bits per heavy atom. The number of piperidine rings is 3. The second kappa shape index (κ2) is 18.5. The maximum atomic E-state index is 16.2. The van der Waals surface area contributed by atoms with Gasteiger partial charge in [-0.25, -0.2) is 13.8 Å². The first-order valence-electron chi connectivity index (χ1n) is 22.7. The van der Waals surface area contributed by atoms with Crippen LogP contribution in [0.3, 0.4) is 0 Å². The molecule has 0 unspecified atom stereocenters. The summed E-state index contributed by atoms with van der Waals surface area (Å²) in [7, 11) is 1.50. The van der Waals surface area contributed by atoms with Gasteiger partial charge in [-0.2, -0.15) is 4.98 Å². The van der Waals surface area contributed by atoms with Crippen molar-refractivity contribution in [2.45, 2.75) is 115 Å². The Labute approximate surface area is 385 Å². The fraction of sp³-hybridized carbons (Fsp3) is 0.511. The highest BCUT2D eigenvalue weighted by Crippen LogP contribution is 2.41. The molecule has 19 heteroatoms. The van der Waals surface area contributed by atoms with E-state index in [1.807, 2.05) is 32.0 Å². The molecule has 350 valence electrons. The smallest absolute Gasteiger partial charge is 0.293 e. The summed E-state index contributed by atoms with van der Waals surface area (Å²) in [5.41, 5.74) is 2.33. The maximum absolute atomic E-state index is 16.2. The van der Waals surface area contributed by atoms with Gasteiger partial charge in [0.2, 0.25) is 17.8 Å². The monoisotopic (exact) mass is 929 g/mol. The number of halogens is 3. The van der Waals surface area contributed by atoms with Crippen LogP contribution in [0, 0.1) is 12.7 Å². The highest BCUT2D eigenvalue weighted by Gasteiger charge is 2.45. The summed E-state index contributed by atoms with van der Waals surface area (Å²) in [5, 5.41) is 9.14. The molecule has 0 bridgehead atoms. The number of hydrogen-bond donors (Lipinski definition) is 3. The van der Waals surface area contributed by atoms with Crippen molar-refractivity contribution in [3.8, 4) is 5.75 Å². The standard InChI is InChI=1S/C47H54ClF2N9O7/c1-24(2)59-36-6-5-27(16-26(36)17-38(45(59)63)65-23-40(61)51-4)53-43-34(48)20-52-47(55-43)56-12-9-29(10-13-56)66-30-18-28(19-30)57-14-11-31(35(49)22-57)32-15-25(3)41-33(42(32)50)21-58(46(41)64)37-7-8-39(60)54-44(37)62/h5-6,15-17,20,24,28-31,35,37H,7-14,18-19,21-23H2,1-4H3,(H,51,61)(H,52,53,55)(H,54,60,62)/t28-,30-,31-,35-,37+/m1/s1. The molecule has 16 nitrogen and oxygen atoms in total. The first-order chi connectivity index (χ1) is 31.7. The number of pyridine rings is 1. The van der Waals surface area contributed by atoms with Gasteiger partial charge < -0.3 is 34.5 Å². The van der Waals surface area contributed by atoms with E-state index >= 15 is 8.78 Å². The molecule has 1 aliphatic carbocycles. The molecule has 0 spiro atoms. The van der Waals surface area contributed by atoms with Crippen LogP contribution in [0.5, 0.6) is 5.75 Å². The average molecular weight is 930 g/mol. The molecule has 4 fully saturated rings. The molecule has 3 atom stereocenters. The number of carbonyl (C=O) groups is 4. The Morgan fingerprint density at radius 2 is 1.80 bits per heavy atom. The summed E-state index contributed by atoms with van der Waals surface area (Å²) in [6.07, 6.45) is 4.29. The second-order valence-corrected chi connectivity index (χ2v) is 18.7. The third-order valence-corrected chi connectivity index (χ3v) is 14.1. The number of rotatable bonds is 12. The molecule has 9 rings (SSSR count). The van der Waals surface area contributed by atoms with E-state index in [0.29, 0.717) is 59.6 Å². The van der Waals surface area contributed by atoms with Crippen molar-refractivity contribution in [2.24, 2.45) is 0 Å². The fourth-order valence-electron chi connectivity index (χ4n) is 10.2. The van der Waals surface area contributed by atoms with Crippen LogP contribution in [0.15, 0.2) is 41.3 Å². The van der Waals surface area contributed by atoms with Crippen LogP contribution < -0.4 is 31.1 Å². The van der Waals surface area contributed by atoms with Crippen molar-refractivity contribution in [2.75, 3.05) is 50.1 Å². The molecule has 3 saturated heterocycles. The minimum Gasteiger partial charge on any atom is -0.478 e. The SMILES string of the molecule is CNC(=O)COc1cc2cc(Nc3nc(N4CCC(O[C@H]5C[C@H](N6CC[C@H](c7cc(C)c8c(c7F)CN([C@H]7CCC(=O)NC7=O)C8=O)[C@H](F)C6)C5)CC4)ncc3Cl)ccc2n(C(C)C)c1=O.